The molecule has 5 rings (SSSR count). The fourth-order valence-corrected chi connectivity index (χ4v) is 6.30. The van der Waals surface area contributed by atoms with E-state index in [0.29, 0.717) is 47.2 Å². The highest BCUT2D eigenvalue weighted by Gasteiger charge is 2.42. The first-order valence-corrected chi connectivity index (χ1v) is 14.0. The third-order valence-corrected chi connectivity index (χ3v) is 8.64. The average Bonchev–Trinajstić information content (AvgIpc) is 3.29. The first kappa shape index (κ1) is 27.6. The zero-order valence-corrected chi connectivity index (χ0v) is 22.8. The number of para-hydroxylation sites is 1. The Hall–Kier alpha value is -3.92. The Bertz CT molecular complexity index is 1460. The van der Waals surface area contributed by atoms with Gasteiger partial charge < -0.3 is 14.9 Å². The van der Waals surface area contributed by atoms with Gasteiger partial charge in [0.2, 0.25) is 5.91 Å². The van der Waals surface area contributed by atoms with Crippen molar-refractivity contribution in [3.63, 3.8) is 0 Å². The Morgan fingerprint density at radius 1 is 1.05 bits per heavy atom. The number of fused-ring (bicyclic) bond motifs is 1. The number of allylic oxidation sites excluding steroid dienone is 1. The van der Waals surface area contributed by atoms with E-state index in [4.69, 9.17) is 5.11 Å². The van der Waals surface area contributed by atoms with Gasteiger partial charge in [0, 0.05) is 55.3 Å². The number of piperidine rings is 1. The van der Waals surface area contributed by atoms with E-state index in [9.17, 15) is 14.4 Å². The van der Waals surface area contributed by atoms with Crippen molar-refractivity contribution in [2.45, 2.75) is 38.5 Å². The van der Waals surface area contributed by atoms with Gasteiger partial charge in [-0.1, -0.05) is 48.5 Å². The van der Waals surface area contributed by atoms with Gasteiger partial charge in [0.15, 0.2) is 0 Å². The lowest BCUT2D eigenvalue weighted by Gasteiger charge is -2.31. The highest BCUT2D eigenvalue weighted by Crippen LogP contribution is 2.44. The van der Waals surface area contributed by atoms with Gasteiger partial charge in [-0.25, -0.2) is 13.8 Å². The normalized spacial score (nSPS) is 18.3. The molecule has 0 bridgehead atoms. The van der Waals surface area contributed by atoms with Crippen molar-refractivity contribution >= 4 is 40.4 Å². The largest absolute Gasteiger partial charge is 0.481 e. The molecule has 0 aliphatic carbocycles. The van der Waals surface area contributed by atoms with Crippen LogP contribution in [0.15, 0.2) is 60.7 Å². The molecule has 3 aromatic rings. The van der Waals surface area contributed by atoms with Gasteiger partial charge in [0.05, 0.1) is 11.4 Å². The average molecular weight is 566 g/mol. The first-order valence-electron chi connectivity index (χ1n) is 13.2. The number of benzene rings is 2. The summed E-state index contributed by atoms with van der Waals surface area (Å²) in [5, 5.41) is 9.71. The third-order valence-electron chi connectivity index (χ3n) is 7.44. The molecule has 2 aliphatic heterocycles. The minimum atomic E-state index is -3.35. The van der Waals surface area contributed by atoms with Crippen LogP contribution in [0.3, 0.4) is 0 Å². The minimum Gasteiger partial charge on any atom is -0.481 e. The van der Waals surface area contributed by atoms with Gasteiger partial charge in [0.25, 0.3) is 11.8 Å². The molecule has 1 aromatic heterocycles. The number of hydrogen-bond donors (Lipinski definition) is 1. The zero-order chi connectivity index (χ0) is 28.4. The van der Waals surface area contributed by atoms with Gasteiger partial charge in [-0.15, -0.1) is 11.3 Å². The highest BCUT2D eigenvalue weighted by molar-refractivity contribution is 7.17. The smallest absolute Gasteiger partial charge is 0.303 e. The van der Waals surface area contributed by atoms with Crippen LogP contribution in [0, 0.1) is 12.8 Å². The van der Waals surface area contributed by atoms with Crippen LogP contribution in [0.4, 0.5) is 14.5 Å². The third kappa shape index (κ3) is 5.67. The molecular weight excluding hydrogens is 536 g/mol. The van der Waals surface area contributed by atoms with E-state index in [2.05, 4.69) is 4.98 Å². The summed E-state index contributed by atoms with van der Waals surface area (Å²) in [5.41, 5.74) is 1.44. The second kappa shape index (κ2) is 11.3. The number of halogens is 2. The molecule has 208 valence electrons. The molecule has 0 spiro atoms. The number of carboxylic acids is 1. The number of nitrogens with zero attached hydrogens (tertiary/aromatic N) is 3. The van der Waals surface area contributed by atoms with Crippen molar-refractivity contribution in [2.75, 3.05) is 24.5 Å². The lowest BCUT2D eigenvalue weighted by molar-refractivity contribution is -0.138. The van der Waals surface area contributed by atoms with E-state index in [1.807, 2.05) is 30.3 Å². The van der Waals surface area contributed by atoms with Gasteiger partial charge >= 0.3 is 5.97 Å². The van der Waals surface area contributed by atoms with Gasteiger partial charge in [-0.2, -0.15) is 0 Å². The first-order chi connectivity index (χ1) is 19.1. The summed E-state index contributed by atoms with van der Waals surface area (Å²) < 4.78 is 31.3. The predicted molar refractivity (Wildman–Crippen MR) is 150 cm³/mol. The molecule has 7 nitrogen and oxygen atoms in total. The Kier molecular flexibility index (Phi) is 7.80. The molecule has 10 heteroatoms. The number of likely N-dealkylation sites (tertiary alicyclic amines) is 1. The Labute approximate surface area is 234 Å². The lowest BCUT2D eigenvalue weighted by Crippen LogP contribution is -2.38. The summed E-state index contributed by atoms with van der Waals surface area (Å²) in [7, 11) is 0. The van der Waals surface area contributed by atoms with Crippen molar-refractivity contribution in [2.24, 2.45) is 5.92 Å². The number of alkyl halides is 2. The van der Waals surface area contributed by atoms with E-state index in [-0.39, 0.29) is 24.4 Å². The number of thiazole rings is 1. The SMILES string of the molecule is Cc1nc(-c2ccccc2)sc1C(=O)N1CCC(F)(F)/C(=C\C(=O)N2CCC(CC(=O)O)CC2)c2ccccc21. The van der Waals surface area contributed by atoms with E-state index >= 15 is 8.78 Å². The minimum absolute atomic E-state index is 0.0322. The lowest BCUT2D eigenvalue weighted by atomic mass is 9.93. The van der Waals surface area contributed by atoms with Crippen LogP contribution >= 0.6 is 11.3 Å². The number of aromatic nitrogens is 1. The van der Waals surface area contributed by atoms with E-state index in [1.165, 1.54) is 27.2 Å². The summed E-state index contributed by atoms with van der Waals surface area (Å²) in [6.07, 6.45) is 1.40. The van der Waals surface area contributed by atoms with E-state index in [1.54, 1.807) is 25.1 Å². The van der Waals surface area contributed by atoms with Crippen LogP contribution in [0.5, 0.6) is 0 Å². The number of hydrogen-bond acceptors (Lipinski definition) is 5. The summed E-state index contributed by atoms with van der Waals surface area (Å²) in [5.74, 6) is -5.21. The number of anilines is 1. The molecular formula is C30H29F2N3O4S. The summed E-state index contributed by atoms with van der Waals surface area (Å²) in [6.45, 7) is 2.13. The van der Waals surface area contributed by atoms with Crippen molar-refractivity contribution in [3.05, 3.63) is 76.8 Å². The summed E-state index contributed by atoms with van der Waals surface area (Å²) in [4.78, 5) is 45.7. The molecule has 1 fully saturated rings. The topological polar surface area (TPSA) is 90.8 Å². The van der Waals surface area contributed by atoms with Crippen LogP contribution in [-0.2, 0) is 9.59 Å². The standard InChI is InChI=1S/C30H29F2N3O4S/c1-19-27(40-28(33-19)21-7-3-2-4-8-21)29(39)35-16-13-30(31,32)23(22-9-5-6-10-24(22)35)18-25(36)34-14-11-20(12-15-34)17-26(37)38/h2-10,18,20H,11-17H2,1H3,(H,37,38)/b23-18-. The number of carbonyl (C=O) groups is 3. The Morgan fingerprint density at radius 2 is 1.73 bits per heavy atom. The van der Waals surface area contributed by atoms with Gasteiger partial charge in [-0.3, -0.25) is 14.4 Å². The number of carbonyl (C=O) groups excluding carboxylic acids is 2. The highest BCUT2D eigenvalue weighted by atomic mass is 32.1. The zero-order valence-electron chi connectivity index (χ0n) is 22.0. The van der Waals surface area contributed by atoms with Crippen LogP contribution < -0.4 is 4.90 Å². The number of carboxylic acid groups (broad SMARTS) is 1. The summed E-state index contributed by atoms with van der Waals surface area (Å²) >= 11 is 1.23. The van der Waals surface area contributed by atoms with Crippen molar-refractivity contribution in [3.8, 4) is 10.6 Å². The monoisotopic (exact) mass is 565 g/mol. The maximum atomic E-state index is 15.6. The van der Waals surface area contributed by atoms with Crippen molar-refractivity contribution in [1.82, 2.24) is 9.88 Å². The molecule has 3 heterocycles. The van der Waals surface area contributed by atoms with Crippen LogP contribution in [0.25, 0.3) is 16.1 Å². The van der Waals surface area contributed by atoms with Crippen molar-refractivity contribution < 1.29 is 28.3 Å². The molecule has 1 saturated heterocycles. The number of amides is 2. The van der Waals surface area contributed by atoms with Gasteiger partial charge in [-0.05, 0) is 31.7 Å². The number of aryl methyl sites for hydroxylation is 1. The quantitative estimate of drug-likeness (QED) is 0.389. The maximum absolute atomic E-state index is 15.6. The second-order valence-electron chi connectivity index (χ2n) is 10.2. The van der Waals surface area contributed by atoms with Crippen LogP contribution in [0.1, 0.15) is 46.6 Å². The van der Waals surface area contributed by atoms with Crippen LogP contribution in [-0.4, -0.2) is 58.3 Å². The molecule has 1 N–H and O–H groups in total. The fraction of sp³-hybridized carbons (Fsp3) is 0.333. The Balaban J connectivity index is 1.45. The summed E-state index contributed by atoms with van der Waals surface area (Å²) in [6, 6.07) is 15.9. The fourth-order valence-electron chi connectivity index (χ4n) is 5.28. The molecule has 0 unspecified atom stereocenters. The molecule has 2 amide bonds. The van der Waals surface area contributed by atoms with Gasteiger partial charge in [0.1, 0.15) is 9.88 Å². The molecule has 0 radical (unpaired) electrons. The predicted octanol–water partition coefficient (Wildman–Crippen LogP) is 5.90. The molecule has 2 aromatic carbocycles. The van der Waals surface area contributed by atoms with E-state index in [0.717, 1.165) is 11.6 Å². The second-order valence-corrected chi connectivity index (χ2v) is 11.2. The molecule has 2 aliphatic rings. The maximum Gasteiger partial charge on any atom is 0.303 e. The van der Waals surface area contributed by atoms with Crippen molar-refractivity contribution in [1.29, 1.82) is 0 Å². The molecule has 0 atom stereocenters. The molecule has 0 saturated carbocycles. The van der Waals surface area contributed by atoms with E-state index < -0.39 is 35.7 Å². The number of rotatable bonds is 5. The number of aliphatic carboxylic acids is 1. The molecule has 40 heavy (non-hydrogen) atoms. The van der Waals surface area contributed by atoms with Crippen LogP contribution in [0.2, 0.25) is 0 Å². The Morgan fingerprint density at radius 3 is 2.42 bits per heavy atom.